The second-order valence-electron chi connectivity index (χ2n) is 5.67. The van der Waals surface area contributed by atoms with Crippen molar-refractivity contribution in [2.45, 2.75) is 45.2 Å². The van der Waals surface area contributed by atoms with Gasteiger partial charge in [-0.05, 0) is 33.6 Å². The molecule has 1 N–H and O–H groups in total. The Labute approximate surface area is 124 Å². The maximum absolute atomic E-state index is 9.36. The molecule has 118 valence electrons. The van der Waals surface area contributed by atoms with Gasteiger partial charge in [0, 0.05) is 46.5 Å². The Kier molecular flexibility index (Phi) is 10.7. The van der Waals surface area contributed by atoms with E-state index in [1.807, 2.05) is 6.92 Å². The van der Waals surface area contributed by atoms with Crippen LogP contribution in [-0.4, -0.2) is 63.5 Å². The van der Waals surface area contributed by atoms with Gasteiger partial charge >= 0.3 is 0 Å². The Hall–Kier alpha value is -0.670. The Morgan fingerprint density at radius 3 is 2.30 bits per heavy atom. The third kappa shape index (κ3) is 9.27. The van der Waals surface area contributed by atoms with E-state index in [1.54, 1.807) is 14.2 Å². The molecule has 0 spiro atoms. The minimum Gasteiger partial charge on any atom is -0.385 e. The van der Waals surface area contributed by atoms with Gasteiger partial charge in [0.2, 0.25) is 0 Å². The number of rotatable bonds is 12. The minimum absolute atomic E-state index is 0.306. The van der Waals surface area contributed by atoms with Crippen LogP contribution in [0.25, 0.3) is 0 Å². The first kappa shape index (κ1) is 19.3. The van der Waals surface area contributed by atoms with Crippen LogP contribution < -0.4 is 5.32 Å². The third-order valence-electron chi connectivity index (χ3n) is 3.22. The highest BCUT2D eigenvalue weighted by Crippen LogP contribution is 2.11. The molecule has 0 rings (SSSR count). The largest absolute Gasteiger partial charge is 0.385 e. The van der Waals surface area contributed by atoms with Crippen molar-refractivity contribution in [1.82, 2.24) is 10.2 Å². The second-order valence-corrected chi connectivity index (χ2v) is 5.67. The predicted octanol–water partition coefficient (Wildman–Crippen LogP) is 1.64. The number of nitriles is 1. The molecule has 0 amide bonds. The van der Waals surface area contributed by atoms with E-state index in [0.29, 0.717) is 12.6 Å². The van der Waals surface area contributed by atoms with Gasteiger partial charge in [-0.3, -0.25) is 5.32 Å². The number of hydrogen-bond donors (Lipinski definition) is 1. The number of methoxy groups -OCH3 is 2. The summed E-state index contributed by atoms with van der Waals surface area (Å²) in [6, 6.07) is 2.70. The molecule has 20 heavy (non-hydrogen) atoms. The molecule has 0 radical (unpaired) electrons. The minimum atomic E-state index is -0.471. The van der Waals surface area contributed by atoms with E-state index in [-0.39, 0.29) is 0 Å². The van der Waals surface area contributed by atoms with Gasteiger partial charge in [-0.2, -0.15) is 5.26 Å². The van der Waals surface area contributed by atoms with E-state index in [9.17, 15) is 5.26 Å². The molecule has 0 saturated carbocycles. The van der Waals surface area contributed by atoms with Crippen molar-refractivity contribution in [1.29, 1.82) is 5.26 Å². The molecule has 5 heteroatoms. The smallest absolute Gasteiger partial charge is 0.105 e. The van der Waals surface area contributed by atoms with Crippen molar-refractivity contribution in [2.24, 2.45) is 0 Å². The molecule has 0 aliphatic rings. The van der Waals surface area contributed by atoms with Gasteiger partial charge in [0.05, 0.1) is 12.7 Å². The fourth-order valence-electron chi connectivity index (χ4n) is 2.17. The lowest BCUT2D eigenvalue weighted by molar-refractivity contribution is 0.127. The molecule has 0 fully saturated rings. The van der Waals surface area contributed by atoms with Crippen LogP contribution in [0.3, 0.4) is 0 Å². The molecule has 5 nitrogen and oxygen atoms in total. The molecule has 0 aromatic heterocycles. The standard InChI is InChI=1S/C15H31N3O2/c1-14(2)17-15(3,13-16)7-9-18(10-12-20-5)8-6-11-19-4/h14,17H,6-12H2,1-5H3. The summed E-state index contributed by atoms with van der Waals surface area (Å²) in [5, 5.41) is 12.7. The van der Waals surface area contributed by atoms with Gasteiger partial charge in [-0.15, -0.1) is 0 Å². The zero-order chi connectivity index (χ0) is 15.4. The lowest BCUT2D eigenvalue weighted by Gasteiger charge is -2.29. The second kappa shape index (κ2) is 11.0. The quantitative estimate of drug-likeness (QED) is 0.552. The van der Waals surface area contributed by atoms with Crippen LogP contribution in [0.4, 0.5) is 0 Å². The monoisotopic (exact) mass is 285 g/mol. The first-order valence-electron chi connectivity index (χ1n) is 7.36. The summed E-state index contributed by atoms with van der Waals surface area (Å²) in [6.45, 7) is 10.3. The van der Waals surface area contributed by atoms with E-state index in [0.717, 1.165) is 39.1 Å². The van der Waals surface area contributed by atoms with Crippen molar-refractivity contribution in [3.05, 3.63) is 0 Å². The van der Waals surface area contributed by atoms with E-state index in [1.165, 1.54) is 0 Å². The molecule has 1 unspecified atom stereocenters. The maximum Gasteiger partial charge on any atom is 0.105 e. The van der Waals surface area contributed by atoms with Gasteiger partial charge < -0.3 is 14.4 Å². The van der Waals surface area contributed by atoms with Crippen LogP contribution in [0.2, 0.25) is 0 Å². The first-order chi connectivity index (χ1) is 9.47. The fourth-order valence-corrected chi connectivity index (χ4v) is 2.17. The van der Waals surface area contributed by atoms with E-state index >= 15 is 0 Å². The van der Waals surface area contributed by atoms with Crippen LogP contribution >= 0.6 is 0 Å². The van der Waals surface area contributed by atoms with Gasteiger partial charge in [0.15, 0.2) is 0 Å². The number of hydrogen-bond acceptors (Lipinski definition) is 5. The Bertz CT molecular complexity index is 279. The van der Waals surface area contributed by atoms with Gasteiger partial charge in [0.1, 0.15) is 5.54 Å². The summed E-state index contributed by atoms with van der Waals surface area (Å²) in [5.74, 6) is 0. The summed E-state index contributed by atoms with van der Waals surface area (Å²) < 4.78 is 10.2. The van der Waals surface area contributed by atoms with Crippen LogP contribution in [-0.2, 0) is 9.47 Å². The molecule has 0 aromatic rings. The number of nitrogens with zero attached hydrogens (tertiary/aromatic N) is 2. The van der Waals surface area contributed by atoms with Crippen molar-refractivity contribution in [2.75, 3.05) is 47.1 Å². The molecule has 0 aromatic carbocycles. The predicted molar refractivity (Wildman–Crippen MR) is 81.7 cm³/mol. The van der Waals surface area contributed by atoms with Crippen LogP contribution in [0.15, 0.2) is 0 Å². The highest BCUT2D eigenvalue weighted by atomic mass is 16.5. The topological polar surface area (TPSA) is 57.5 Å². The third-order valence-corrected chi connectivity index (χ3v) is 3.22. The molecular weight excluding hydrogens is 254 g/mol. The molecule has 0 bridgehead atoms. The first-order valence-corrected chi connectivity index (χ1v) is 7.36. The highest BCUT2D eigenvalue weighted by Gasteiger charge is 2.24. The SMILES string of the molecule is COCCCN(CCOC)CCC(C)(C#N)NC(C)C. The van der Waals surface area contributed by atoms with E-state index < -0.39 is 5.54 Å². The van der Waals surface area contributed by atoms with Crippen molar-refractivity contribution in [3.63, 3.8) is 0 Å². The summed E-state index contributed by atoms with van der Waals surface area (Å²) in [4.78, 5) is 2.33. The van der Waals surface area contributed by atoms with Crippen LogP contribution in [0.5, 0.6) is 0 Å². The Balaban J connectivity index is 4.29. The van der Waals surface area contributed by atoms with Crippen molar-refractivity contribution >= 4 is 0 Å². The lowest BCUT2D eigenvalue weighted by Crippen LogP contribution is -2.47. The summed E-state index contributed by atoms with van der Waals surface area (Å²) >= 11 is 0. The lowest BCUT2D eigenvalue weighted by atomic mass is 9.98. The maximum atomic E-state index is 9.36. The van der Waals surface area contributed by atoms with Gasteiger partial charge in [-0.25, -0.2) is 0 Å². The molecule has 0 aliphatic carbocycles. The zero-order valence-electron chi connectivity index (χ0n) is 13.7. The van der Waals surface area contributed by atoms with Gasteiger partial charge in [-0.1, -0.05) is 0 Å². The van der Waals surface area contributed by atoms with Crippen molar-refractivity contribution < 1.29 is 9.47 Å². The van der Waals surface area contributed by atoms with Crippen LogP contribution in [0, 0.1) is 11.3 Å². The molecular formula is C15H31N3O2. The summed E-state index contributed by atoms with van der Waals surface area (Å²) in [5.41, 5.74) is -0.471. The average molecular weight is 285 g/mol. The number of nitrogens with one attached hydrogen (secondary N) is 1. The summed E-state index contributed by atoms with van der Waals surface area (Å²) in [6.07, 6.45) is 1.81. The average Bonchev–Trinajstić information content (AvgIpc) is 2.40. The summed E-state index contributed by atoms with van der Waals surface area (Å²) in [7, 11) is 3.44. The molecule has 0 heterocycles. The van der Waals surface area contributed by atoms with E-state index in [2.05, 4.69) is 30.1 Å². The molecule has 1 atom stereocenters. The van der Waals surface area contributed by atoms with E-state index in [4.69, 9.17) is 9.47 Å². The molecule has 0 aliphatic heterocycles. The zero-order valence-corrected chi connectivity index (χ0v) is 13.7. The molecule has 0 saturated heterocycles. The van der Waals surface area contributed by atoms with Crippen LogP contribution in [0.1, 0.15) is 33.6 Å². The number of ether oxygens (including phenoxy) is 2. The Morgan fingerprint density at radius 2 is 1.80 bits per heavy atom. The fraction of sp³-hybridized carbons (Fsp3) is 0.933. The normalized spacial score (nSPS) is 14.5. The Morgan fingerprint density at radius 1 is 1.15 bits per heavy atom. The van der Waals surface area contributed by atoms with Gasteiger partial charge in [0.25, 0.3) is 0 Å². The highest BCUT2D eigenvalue weighted by molar-refractivity contribution is 5.04. The van der Waals surface area contributed by atoms with Crippen molar-refractivity contribution in [3.8, 4) is 6.07 Å².